The van der Waals surface area contributed by atoms with Gasteiger partial charge in [-0.15, -0.1) is 0 Å². The summed E-state index contributed by atoms with van der Waals surface area (Å²) in [5.74, 6) is 3.03. The Balaban J connectivity index is 2.34. The second-order valence-electron chi connectivity index (χ2n) is 12.5. The molecule has 2 N–H and O–H groups in total. The van der Waals surface area contributed by atoms with Gasteiger partial charge in [0.25, 0.3) is 0 Å². The lowest BCUT2D eigenvalue weighted by molar-refractivity contribution is 0.307. The summed E-state index contributed by atoms with van der Waals surface area (Å²) in [7, 11) is 0. The van der Waals surface area contributed by atoms with Gasteiger partial charge in [0.15, 0.2) is 0 Å². The summed E-state index contributed by atoms with van der Waals surface area (Å²) in [4.78, 5) is 0. The van der Waals surface area contributed by atoms with E-state index in [2.05, 4.69) is 114 Å². The molecule has 2 rings (SSSR count). The fourth-order valence-corrected chi connectivity index (χ4v) is 5.77. The van der Waals surface area contributed by atoms with Gasteiger partial charge >= 0.3 is 0 Å². The molecule has 2 heteroatoms. The quantitative estimate of drug-likeness (QED) is 0.368. The molecule has 1 aromatic rings. The monoisotopic (exact) mass is 516 g/mol. The Hall–Kier alpha value is -2.48. The fraction of sp³-hybridized carbons (Fsp3) is 0.556. The molecular weight excluding hydrogens is 460 g/mol. The SMILES string of the molecule is C=C1C[C@H](C)C[C@@H](C(C)/C=C/c2ccccc2)CC(=C)C(CC(C)C)CC(=C)C(C)CNC(=C)[C@@H](CC)N1. The molecule has 2 nitrogen and oxygen atoms in total. The first-order valence-corrected chi connectivity index (χ1v) is 15.0. The molecule has 0 bridgehead atoms. The van der Waals surface area contributed by atoms with E-state index in [0.29, 0.717) is 35.5 Å². The van der Waals surface area contributed by atoms with Crippen LogP contribution in [0.4, 0.5) is 0 Å². The summed E-state index contributed by atoms with van der Waals surface area (Å²) in [6, 6.07) is 10.8. The van der Waals surface area contributed by atoms with Crippen molar-refractivity contribution in [2.75, 3.05) is 6.54 Å². The average molecular weight is 517 g/mol. The van der Waals surface area contributed by atoms with Crippen molar-refractivity contribution < 1.29 is 0 Å². The third kappa shape index (κ3) is 10.7. The van der Waals surface area contributed by atoms with Crippen molar-refractivity contribution in [3.63, 3.8) is 0 Å². The third-order valence-corrected chi connectivity index (χ3v) is 8.34. The van der Waals surface area contributed by atoms with Gasteiger partial charge < -0.3 is 10.6 Å². The molecule has 1 aliphatic heterocycles. The van der Waals surface area contributed by atoms with E-state index in [1.54, 1.807) is 0 Å². The number of benzene rings is 1. The Bertz CT molecular complexity index is 937. The van der Waals surface area contributed by atoms with E-state index >= 15 is 0 Å². The maximum atomic E-state index is 4.71. The van der Waals surface area contributed by atoms with Crippen molar-refractivity contribution in [2.24, 2.45) is 35.5 Å². The maximum Gasteiger partial charge on any atom is 0.0648 e. The topological polar surface area (TPSA) is 24.1 Å². The number of nitrogens with one attached hydrogen (secondary N) is 2. The minimum Gasteiger partial charge on any atom is -0.387 e. The maximum absolute atomic E-state index is 4.71. The summed E-state index contributed by atoms with van der Waals surface area (Å²) in [6.07, 6.45) is 11.1. The zero-order valence-electron chi connectivity index (χ0n) is 25.4. The average Bonchev–Trinajstić information content (AvgIpc) is 2.87. The van der Waals surface area contributed by atoms with Crippen molar-refractivity contribution in [3.05, 3.63) is 90.8 Å². The highest BCUT2D eigenvalue weighted by atomic mass is 15.0. The first-order chi connectivity index (χ1) is 18.0. The van der Waals surface area contributed by atoms with E-state index in [0.717, 1.165) is 50.0 Å². The van der Waals surface area contributed by atoms with E-state index < -0.39 is 0 Å². The van der Waals surface area contributed by atoms with Gasteiger partial charge in [-0.3, -0.25) is 0 Å². The minimum atomic E-state index is 0.195. The molecule has 1 aliphatic rings. The van der Waals surface area contributed by atoms with Gasteiger partial charge in [-0.25, -0.2) is 0 Å². The van der Waals surface area contributed by atoms with Crippen molar-refractivity contribution in [3.8, 4) is 0 Å². The number of hydrogen-bond donors (Lipinski definition) is 2. The Morgan fingerprint density at radius 2 is 1.63 bits per heavy atom. The van der Waals surface area contributed by atoms with Gasteiger partial charge in [0.1, 0.15) is 0 Å². The molecule has 0 radical (unpaired) electrons. The molecule has 0 aromatic heterocycles. The van der Waals surface area contributed by atoms with Gasteiger partial charge in [-0.1, -0.05) is 121 Å². The van der Waals surface area contributed by atoms with Crippen LogP contribution in [0.1, 0.15) is 85.6 Å². The summed E-state index contributed by atoms with van der Waals surface area (Å²) in [5.41, 5.74) is 6.14. The molecule has 1 fully saturated rings. The highest BCUT2D eigenvalue weighted by Crippen LogP contribution is 2.37. The predicted molar refractivity (Wildman–Crippen MR) is 170 cm³/mol. The van der Waals surface area contributed by atoms with Crippen molar-refractivity contribution in [1.29, 1.82) is 0 Å². The summed E-state index contributed by atoms with van der Waals surface area (Å²) in [6.45, 7) is 32.8. The third-order valence-electron chi connectivity index (χ3n) is 8.34. The van der Waals surface area contributed by atoms with Crippen LogP contribution in [0.15, 0.2) is 85.3 Å². The zero-order valence-corrected chi connectivity index (χ0v) is 25.4. The van der Waals surface area contributed by atoms with E-state index in [4.69, 9.17) is 6.58 Å². The molecule has 0 saturated carbocycles. The Morgan fingerprint density at radius 1 is 0.947 bits per heavy atom. The van der Waals surface area contributed by atoms with Gasteiger partial charge in [-0.2, -0.15) is 0 Å². The van der Waals surface area contributed by atoms with Crippen LogP contribution in [0.5, 0.6) is 0 Å². The first kappa shape index (κ1) is 31.7. The summed E-state index contributed by atoms with van der Waals surface area (Å²) < 4.78 is 0. The zero-order chi connectivity index (χ0) is 28.2. The van der Waals surface area contributed by atoms with Crippen molar-refractivity contribution in [1.82, 2.24) is 10.6 Å². The van der Waals surface area contributed by atoms with E-state index in [1.807, 2.05) is 0 Å². The van der Waals surface area contributed by atoms with Crippen LogP contribution < -0.4 is 10.6 Å². The first-order valence-electron chi connectivity index (χ1n) is 15.0. The highest BCUT2D eigenvalue weighted by molar-refractivity contribution is 5.49. The second-order valence-corrected chi connectivity index (χ2v) is 12.5. The number of hydrogen-bond acceptors (Lipinski definition) is 2. The lowest BCUT2D eigenvalue weighted by Gasteiger charge is -2.32. The Labute approximate surface area is 235 Å². The molecule has 0 aliphatic carbocycles. The fourth-order valence-electron chi connectivity index (χ4n) is 5.77. The molecule has 1 heterocycles. The lowest BCUT2D eigenvalue weighted by Crippen LogP contribution is -2.37. The van der Waals surface area contributed by atoms with Crippen LogP contribution in [0.25, 0.3) is 6.08 Å². The molecule has 0 amide bonds. The highest BCUT2D eigenvalue weighted by Gasteiger charge is 2.25. The summed E-state index contributed by atoms with van der Waals surface area (Å²) >= 11 is 0. The van der Waals surface area contributed by atoms with Gasteiger partial charge in [0.2, 0.25) is 0 Å². The second kappa shape index (κ2) is 15.8. The van der Waals surface area contributed by atoms with Crippen LogP contribution in [0.3, 0.4) is 0 Å². The van der Waals surface area contributed by atoms with Crippen LogP contribution in [0, 0.1) is 35.5 Å². The molecule has 0 spiro atoms. The smallest absolute Gasteiger partial charge is 0.0648 e. The summed E-state index contributed by atoms with van der Waals surface area (Å²) in [5, 5.41) is 7.28. The van der Waals surface area contributed by atoms with Crippen LogP contribution in [0.2, 0.25) is 0 Å². The van der Waals surface area contributed by atoms with Gasteiger partial charge in [0, 0.05) is 17.9 Å². The van der Waals surface area contributed by atoms with E-state index in [-0.39, 0.29) is 6.04 Å². The molecule has 210 valence electrons. The van der Waals surface area contributed by atoms with Crippen molar-refractivity contribution in [2.45, 2.75) is 86.1 Å². The molecule has 38 heavy (non-hydrogen) atoms. The van der Waals surface area contributed by atoms with Gasteiger partial charge in [0.05, 0.1) is 6.04 Å². The standard InChI is InChI=1S/C36H56N2/c1-11-36-32(10)37-24-30(8)28(6)22-34(19-25(2)3)29(7)23-35(21-26(4)20-31(9)38-36)27(5)17-18-33-15-13-12-14-16-33/h12-18,25-27,30,34-38H,6-7,9-11,19-24H2,1-5,8H3/b18-17+/t26-,27?,30?,34?,35+,36+/m0/s1. The Kier molecular flexibility index (Phi) is 13.2. The minimum absolute atomic E-state index is 0.195. The van der Waals surface area contributed by atoms with Crippen LogP contribution in [-0.4, -0.2) is 12.6 Å². The molecule has 1 saturated heterocycles. The molecule has 3 unspecified atom stereocenters. The molecular formula is C36H56N2. The number of allylic oxidation sites excluding steroid dienone is 3. The van der Waals surface area contributed by atoms with Crippen LogP contribution in [-0.2, 0) is 0 Å². The number of rotatable bonds is 6. The largest absolute Gasteiger partial charge is 0.387 e. The Morgan fingerprint density at radius 3 is 2.26 bits per heavy atom. The van der Waals surface area contributed by atoms with Crippen molar-refractivity contribution >= 4 is 6.08 Å². The van der Waals surface area contributed by atoms with Gasteiger partial charge in [-0.05, 0) is 79.6 Å². The molecule has 1 aromatic carbocycles. The van der Waals surface area contributed by atoms with E-state index in [1.165, 1.54) is 23.1 Å². The lowest BCUT2D eigenvalue weighted by atomic mass is 9.75. The molecule has 6 atom stereocenters. The normalized spacial score (nSPS) is 27.8. The van der Waals surface area contributed by atoms with E-state index in [9.17, 15) is 0 Å². The van der Waals surface area contributed by atoms with Crippen LogP contribution >= 0.6 is 0 Å². The predicted octanol–water partition coefficient (Wildman–Crippen LogP) is 9.56.